The van der Waals surface area contributed by atoms with Crippen molar-refractivity contribution >= 4 is 44.1 Å². The number of hydrogen-bond donors (Lipinski definition) is 1. The number of hydrogen-bond acceptors (Lipinski definition) is 5. The van der Waals surface area contributed by atoms with Gasteiger partial charge in [0.05, 0.1) is 12.2 Å². The molecule has 2 heterocycles. The number of likely N-dealkylation sites (tertiary alicyclic amines) is 1. The molecule has 2 fully saturated rings. The van der Waals surface area contributed by atoms with Gasteiger partial charge >= 0.3 is 0 Å². The highest BCUT2D eigenvalue weighted by atomic mass is 79.9. The number of rotatable bonds is 5. The molecule has 36 heavy (non-hydrogen) atoms. The van der Waals surface area contributed by atoms with Gasteiger partial charge in [0.15, 0.2) is 5.69 Å². The SMILES string of the molecule is CN(C)c1ccc(C(=O)N=Nc2c(O)n(CN3C[C@]4(C)C[C@H]3CC(C)(C)C4)c3ccc(Br)cc23)cc1. The summed E-state index contributed by atoms with van der Waals surface area (Å²) in [6.45, 7) is 8.71. The van der Waals surface area contributed by atoms with Gasteiger partial charge in [0.2, 0.25) is 5.88 Å². The van der Waals surface area contributed by atoms with Gasteiger partial charge in [0, 0.05) is 47.8 Å². The van der Waals surface area contributed by atoms with E-state index < -0.39 is 5.91 Å². The van der Waals surface area contributed by atoms with Gasteiger partial charge in [0.25, 0.3) is 5.91 Å². The fraction of sp³-hybridized carbons (Fsp3) is 0.464. The molecule has 2 aliphatic rings. The predicted molar refractivity (Wildman–Crippen MR) is 147 cm³/mol. The maximum absolute atomic E-state index is 12.7. The first-order valence-corrected chi connectivity index (χ1v) is 13.2. The normalized spacial score (nSPS) is 23.6. The molecule has 2 bridgehead atoms. The van der Waals surface area contributed by atoms with E-state index in [1.54, 1.807) is 12.1 Å². The maximum Gasteiger partial charge on any atom is 0.295 e. The molecule has 190 valence electrons. The van der Waals surface area contributed by atoms with Crippen molar-refractivity contribution in [2.45, 2.75) is 52.7 Å². The number of halogens is 1. The zero-order valence-corrected chi connectivity index (χ0v) is 23.2. The van der Waals surface area contributed by atoms with Crippen LogP contribution in [0.1, 0.15) is 50.4 Å². The molecule has 3 aromatic rings. The highest BCUT2D eigenvalue weighted by molar-refractivity contribution is 9.10. The lowest BCUT2D eigenvalue weighted by Gasteiger charge is -2.40. The lowest BCUT2D eigenvalue weighted by Crippen LogP contribution is -2.35. The fourth-order valence-corrected chi connectivity index (χ4v) is 6.88. The Morgan fingerprint density at radius 1 is 1.14 bits per heavy atom. The van der Waals surface area contributed by atoms with E-state index in [9.17, 15) is 9.90 Å². The monoisotopic (exact) mass is 551 g/mol. The van der Waals surface area contributed by atoms with Crippen LogP contribution in [0.5, 0.6) is 5.88 Å². The van der Waals surface area contributed by atoms with E-state index in [0.29, 0.717) is 34.8 Å². The van der Waals surface area contributed by atoms with E-state index in [-0.39, 0.29) is 5.88 Å². The first kappa shape index (κ1) is 25.0. The zero-order chi connectivity index (χ0) is 25.8. The number of carbonyl (C=O) groups is 1. The molecule has 2 aromatic carbocycles. The number of anilines is 1. The van der Waals surface area contributed by atoms with Gasteiger partial charge in [-0.05, 0) is 72.6 Å². The standard InChI is InChI=1S/C28H34BrN5O2/c1-27(2)13-21-14-28(3,15-27)16-33(21)17-34-23-11-8-19(29)12-22(23)24(26(34)36)30-31-25(35)18-6-9-20(10-7-18)32(4)5/h6-12,21,36H,13-17H2,1-5H3/t21-,28-/m1/s1. The number of amides is 1. The minimum Gasteiger partial charge on any atom is -0.493 e. The van der Waals surface area contributed by atoms with Crippen LogP contribution in [-0.4, -0.2) is 47.2 Å². The maximum atomic E-state index is 12.7. The van der Waals surface area contributed by atoms with E-state index in [4.69, 9.17) is 0 Å². The fourth-order valence-electron chi connectivity index (χ4n) is 6.52. The Morgan fingerprint density at radius 3 is 2.56 bits per heavy atom. The highest BCUT2D eigenvalue weighted by Gasteiger charge is 2.49. The third-order valence-electron chi connectivity index (χ3n) is 7.69. The quantitative estimate of drug-likeness (QED) is 0.348. The van der Waals surface area contributed by atoms with Crippen molar-refractivity contribution < 1.29 is 9.90 Å². The Kier molecular flexibility index (Phi) is 6.24. The summed E-state index contributed by atoms with van der Waals surface area (Å²) in [7, 11) is 3.90. The minimum atomic E-state index is -0.445. The lowest BCUT2D eigenvalue weighted by atomic mass is 9.65. The summed E-state index contributed by atoms with van der Waals surface area (Å²) in [5, 5.41) is 20.3. The Morgan fingerprint density at radius 2 is 1.86 bits per heavy atom. The van der Waals surface area contributed by atoms with Crippen molar-refractivity contribution in [3.63, 3.8) is 0 Å². The van der Waals surface area contributed by atoms with Crippen LogP contribution in [0.3, 0.4) is 0 Å². The van der Waals surface area contributed by atoms with E-state index in [2.05, 4.69) is 51.8 Å². The van der Waals surface area contributed by atoms with Gasteiger partial charge in [-0.3, -0.25) is 14.3 Å². The minimum absolute atomic E-state index is 0.0356. The van der Waals surface area contributed by atoms with Crippen LogP contribution in [0.15, 0.2) is 57.2 Å². The predicted octanol–water partition coefficient (Wildman–Crippen LogP) is 6.96. The molecule has 7 nitrogen and oxygen atoms in total. The largest absolute Gasteiger partial charge is 0.493 e. The van der Waals surface area contributed by atoms with Crippen molar-refractivity contribution in [2.24, 2.45) is 21.1 Å². The first-order chi connectivity index (χ1) is 16.9. The number of benzene rings is 2. The van der Waals surface area contributed by atoms with Gasteiger partial charge in [-0.25, -0.2) is 0 Å². The third-order valence-corrected chi connectivity index (χ3v) is 8.18. The van der Waals surface area contributed by atoms with Crippen LogP contribution < -0.4 is 4.90 Å². The van der Waals surface area contributed by atoms with Gasteiger partial charge in [-0.15, -0.1) is 10.2 Å². The average molecular weight is 553 g/mol. The molecule has 1 saturated heterocycles. The number of aromatic nitrogens is 1. The van der Waals surface area contributed by atoms with E-state index in [1.165, 1.54) is 12.8 Å². The van der Waals surface area contributed by atoms with E-state index in [0.717, 1.165) is 34.0 Å². The Labute approximate surface area is 220 Å². The number of carbonyl (C=O) groups excluding carboxylic acids is 1. The molecular formula is C28H34BrN5O2. The lowest BCUT2D eigenvalue weighted by molar-refractivity contribution is 0.0995. The van der Waals surface area contributed by atoms with Crippen LogP contribution in [0, 0.1) is 10.8 Å². The second-order valence-corrected chi connectivity index (χ2v) is 12.7. The molecule has 0 unspecified atom stereocenters. The molecule has 5 rings (SSSR count). The second-order valence-electron chi connectivity index (χ2n) is 11.8. The molecular weight excluding hydrogens is 518 g/mol. The van der Waals surface area contributed by atoms with Crippen LogP contribution >= 0.6 is 15.9 Å². The summed E-state index contributed by atoms with van der Waals surface area (Å²) < 4.78 is 2.78. The summed E-state index contributed by atoms with van der Waals surface area (Å²) in [5.41, 5.74) is 3.26. The van der Waals surface area contributed by atoms with Crippen LogP contribution in [-0.2, 0) is 6.67 Å². The highest BCUT2D eigenvalue weighted by Crippen LogP contribution is 2.53. The summed E-state index contributed by atoms with van der Waals surface area (Å²) in [6, 6.07) is 13.6. The summed E-state index contributed by atoms with van der Waals surface area (Å²) in [4.78, 5) is 17.2. The topological polar surface area (TPSA) is 73.4 Å². The Bertz CT molecular complexity index is 1340. The van der Waals surface area contributed by atoms with Crippen LogP contribution in [0.2, 0.25) is 0 Å². The first-order valence-electron chi connectivity index (χ1n) is 12.4. The molecule has 1 N–H and O–H groups in total. The Balaban J connectivity index is 1.46. The number of azo groups is 1. The van der Waals surface area contributed by atoms with Crippen molar-refractivity contribution in [3.05, 3.63) is 52.5 Å². The molecule has 1 aliphatic heterocycles. The summed E-state index contributed by atoms with van der Waals surface area (Å²) >= 11 is 3.54. The van der Waals surface area contributed by atoms with Gasteiger partial charge in [-0.1, -0.05) is 36.7 Å². The van der Waals surface area contributed by atoms with E-state index in [1.807, 2.05) is 53.9 Å². The smallest absolute Gasteiger partial charge is 0.295 e. The van der Waals surface area contributed by atoms with Crippen LogP contribution in [0.4, 0.5) is 11.4 Å². The zero-order valence-electron chi connectivity index (χ0n) is 21.6. The number of aromatic hydroxyl groups is 1. The summed E-state index contributed by atoms with van der Waals surface area (Å²) in [5.74, 6) is -0.410. The molecule has 1 saturated carbocycles. The average Bonchev–Trinajstić information content (AvgIpc) is 3.19. The van der Waals surface area contributed by atoms with E-state index >= 15 is 0 Å². The van der Waals surface area contributed by atoms with Gasteiger partial charge in [0.1, 0.15) is 0 Å². The number of nitrogens with zero attached hydrogens (tertiary/aromatic N) is 5. The molecule has 2 atom stereocenters. The van der Waals surface area contributed by atoms with Crippen molar-refractivity contribution in [2.75, 3.05) is 25.5 Å². The number of fused-ring (bicyclic) bond motifs is 3. The second kappa shape index (κ2) is 8.99. The van der Waals surface area contributed by atoms with Crippen molar-refractivity contribution in [1.29, 1.82) is 0 Å². The molecule has 1 aliphatic carbocycles. The summed E-state index contributed by atoms with van der Waals surface area (Å²) in [6.07, 6.45) is 3.56. The van der Waals surface area contributed by atoms with Crippen molar-refractivity contribution in [3.8, 4) is 5.88 Å². The van der Waals surface area contributed by atoms with Crippen molar-refractivity contribution in [1.82, 2.24) is 9.47 Å². The Hall–Kier alpha value is -2.71. The molecule has 0 radical (unpaired) electrons. The van der Waals surface area contributed by atoms with Crippen LogP contribution in [0.25, 0.3) is 10.9 Å². The molecule has 8 heteroatoms. The molecule has 0 spiro atoms. The van der Waals surface area contributed by atoms with Gasteiger partial charge in [-0.2, -0.15) is 0 Å². The molecule has 1 amide bonds. The molecule has 1 aromatic heterocycles. The van der Waals surface area contributed by atoms with Gasteiger partial charge < -0.3 is 10.0 Å². The third kappa shape index (κ3) is 4.68.